The molecule has 0 radical (unpaired) electrons. The number of anilines is 1. The number of nitrogens with one attached hydrogen (secondary N) is 1. The molecule has 0 bridgehead atoms. The van der Waals surface area contributed by atoms with E-state index in [4.69, 9.17) is 0 Å². The zero-order valence-corrected chi connectivity index (χ0v) is 15.7. The first-order valence-corrected chi connectivity index (χ1v) is 9.43. The number of carbonyl (C=O) groups is 1. The van der Waals surface area contributed by atoms with Crippen molar-refractivity contribution in [3.8, 4) is 11.4 Å². The van der Waals surface area contributed by atoms with Crippen LogP contribution < -0.4 is 5.32 Å². The maximum atomic E-state index is 13.7. The van der Waals surface area contributed by atoms with E-state index in [0.29, 0.717) is 29.9 Å². The van der Waals surface area contributed by atoms with Crippen LogP contribution in [0, 0.1) is 11.6 Å². The molecule has 2 heterocycles. The van der Waals surface area contributed by atoms with Gasteiger partial charge in [0.05, 0.1) is 17.1 Å². The highest BCUT2D eigenvalue weighted by Gasteiger charge is 2.27. The lowest BCUT2D eigenvalue weighted by Gasteiger charge is -2.10. The number of benzene rings is 2. The third kappa shape index (κ3) is 3.04. The van der Waals surface area contributed by atoms with E-state index in [1.54, 1.807) is 23.1 Å². The lowest BCUT2D eigenvalue weighted by Crippen LogP contribution is -2.16. The molecule has 9 heteroatoms. The number of nitrogens with zero attached hydrogens (tertiary/aromatic N) is 5. The minimum absolute atomic E-state index is 0.278. The summed E-state index contributed by atoms with van der Waals surface area (Å²) >= 11 is 0. The first kappa shape index (κ1) is 18.2. The van der Waals surface area contributed by atoms with Gasteiger partial charge in [-0.25, -0.2) is 23.1 Å². The molecular weight excluding hydrogens is 390 g/mol. The second kappa shape index (κ2) is 7.18. The van der Waals surface area contributed by atoms with E-state index >= 15 is 0 Å². The molecule has 2 aromatic heterocycles. The third-order valence-corrected chi connectivity index (χ3v) is 5.11. The average Bonchev–Trinajstić information content (AvgIpc) is 3.48. The molecule has 0 saturated carbocycles. The van der Waals surface area contributed by atoms with Gasteiger partial charge in [0.25, 0.3) is 5.91 Å². The maximum Gasteiger partial charge on any atom is 0.276 e. The fourth-order valence-electron chi connectivity index (χ4n) is 3.74. The summed E-state index contributed by atoms with van der Waals surface area (Å²) in [5.74, 6) is -2.25. The number of rotatable bonds is 4. The molecule has 0 unspecified atom stereocenters. The largest absolute Gasteiger partial charge is 0.319 e. The Hall–Kier alpha value is -3.88. The Kier molecular flexibility index (Phi) is 4.35. The van der Waals surface area contributed by atoms with Gasteiger partial charge < -0.3 is 5.32 Å². The quantitative estimate of drug-likeness (QED) is 0.563. The van der Waals surface area contributed by atoms with E-state index < -0.39 is 11.6 Å². The van der Waals surface area contributed by atoms with Crippen molar-refractivity contribution in [2.45, 2.75) is 19.3 Å². The van der Waals surface area contributed by atoms with Crippen molar-refractivity contribution in [2.75, 3.05) is 5.32 Å². The van der Waals surface area contributed by atoms with Crippen molar-refractivity contribution < 1.29 is 13.6 Å². The molecule has 0 atom stereocenters. The number of hydrogen-bond donors (Lipinski definition) is 1. The van der Waals surface area contributed by atoms with E-state index in [9.17, 15) is 13.6 Å². The van der Waals surface area contributed by atoms with Crippen LogP contribution in [-0.4, -0.2) is 30.5 Å². The van der Waals surface area contributed by atoms with Crippen LogP contribution in [-0.2, 0) is 12.8 Å². The molecule has 0 spiro atoms. The molecule has 0 fully saturated rings. The van der Waals surface area contributed by atoms with Crippen LogP contribution in [0.15, 0.2) is 55.1 Å². The normalized spacial score (nSPS) is 12.7. The number of para-hydroxylation sites is 2. The number of hydrogen-bond acceptors (Lipinski definition) is 4. The summed E-state index contributed by atoms with van der Waals surface area (Å²) in [7, 11) is 0. The van der Waals surface area contributed by atoms with Crippen molar-refractivity contribution >= 4 is 11.6 Å². The monoisotopic (exact) mass is 406 g/mol. The second-order valence-electron chi connectivity index (χ2n) is 6.95. The van der Waals surface area contributed by atoms with E-state index in [1.807, 2.05) is 12.1 Å². The SMILES string of the molecule is O=C(Nc1ccccc1-n1cncn1)c1nn(-c2ccc(F)c(F)c2)c2c1CCC2. The van der Waals surface area contributed by atoms with Crippen LogP contribution in [0.3, 0.4) is 0 Å². The van der Waals surface area contributed by atoms with Crippen LogP contribution in [0.5, 0.6) is 0 Å². The summed E-state index contributed by atoms with van der Waals surface area (Å²) in [5, 5.41) is 11.4. The predicted molar refractivity (Wildman–Crippen MR) is 105 cm³/mol. The predicted octanol–water partition coefficient (Wildman–Crippen LogP) is 3.47. The minimum atomic E-state index is -0.956. The van der Waals surface area contributed by atoms with Crippen LogP contribution in [0.25, 0.3) is 11.4 Å². The Morgan fingerprint density at radius 3 is 2.73 bits per heavy atom. The van der Waals surface area contributed by atoms with Gasteiger partial charge in [-0.2, -0.15) is 10.2 Å². The molecule has 1 aliphatic rings. The minimum Gasteiger partial charge on any atom is -0.319 e. The van der Waals surface area contributed by atoms with E-state index in [-0.39, 0.29) is 11.6 Å². The van der Waals surface area contributed by atoms with Gasteiger partial charge in [0.15, 0.2) is 17.3 Å². The van der Waals surface area contributed by atoms with Crippen molar-refractivity contribution in [1.29, 1.82) is 0 Å². The van der Waals surface area contributed by atoms with Crippen LogP contribution in [0.1, 0.15) is 28.2 Å². The lowest BCUT2D eigenvalue weighted by atomic mass is 10.2. The molecule has 0 aliphatic heterocycles. The Balaban J connectivity index is 1.52. The summed E-state index contributed by atoms with van der Waals surface area (Å²) in [5.41, 5.74) is 3.56. The molecule has 4 aromatic rings. The summed E-state index contributed by atoms with van der Waals surface area (Å²) in [6, 6.07) is 10.8. The smallest absolute Gasteiger partial charge is 0.276 e. The zero-order valence-electron chi connectivity index (χ0n) is 15.7. The fraction of sp³-hybridized carbons (Fsp3) is 0.143. The van der Waals surface area contributed by atoms with Crippen LogP contribution >= 0.6 is 0 Å². The van der Waals surface area contributed by atoms with Crippen molar-refractivity contribution in [3.05, 3.63) is 83.7 Å². The summed E-state index contributed by atoms with van der Waals surface area (Å²) in [6.45, 7) is 0. The third-order valence-electron chi connectivity index (χ3n) is 5.11. The first-order chi connectivity index (χ1) is 14.6. The number of fused-ring (bicyclic) bond motifs is 1. The van der Waals surface area contributed by atoms with Gasteiger partial charge in [0.2, 0.25) is 0 Å². The highest BCUT2D eigenvalue weighted by atomic mass is 19.2. The standard InChI is InChI=1S/C21H16F2N6O/c22-15-9-8-13(10-16(15)23)29-18-7-3-4-14(18)20(27-29)21(30)26-17-5-1-2-6-19(17)28-12-24-11-25-28/h1-2,5-6,8-12H,3-4,7H2,(H,26,30). The van der Waals surface area contributed by atoms with Gasteiger partial charge in [-0.3, -0.25) is 4.79 Å². The van der Waals surface area contributed by atoms with E-state index in [1.165, 1.54) is 17.1 Å². The van der Waals surface area contributed by atoms with Gasteiger partial charge >= 0.3 is 0 Å². The number of amides is 1. The lowest BCUT2D eigenvalue weighted by molar-refractivity contribution is 0.102. The highest BCUT2D eigenvalue weighted by Crippen LogP contribution is 2.29. The number of halogens is 2. The maximum absolute atomic E-state index is 13.7. The molecule has 1 amide bonds. The topological polar surface area (TPSA) is 77.6 Å². The zero-order chi connectivity index (χ0) is 20.7. The molecule has 5 rings (SSSR count). The Morgan fingerprint density at radius 2 is 1.93 bits per heavy atom. The number of carbonyl (C=O) groups excluding carboxylic acids is 1. The Labute approximate surface area is 170 Å². The summed E-state index contributed by atoms with van der Waals surface area (Å²) in [6.07, 6.45) is 5.23. The average molecular weight is 406 g/mol. The van der Waals surface area contributed by atoms with Gasteiger partial charge in [-0.1, -0.05) is 12.1 Å². The molecular formula is C21H16F2N6O. The van der Waals surface area contributed by atoms with Crippen molar-refractivity contribution in [3.63, 3.8) is 0 Å². The Morgan fingerprint density at radius 1 is 1.07 bits per heavy atom. The number of aromatic nitrogens is 5. The first-order valence-electron chi connectivity index (χ1n) is 9.43. The van der Waals surface area contributed by atoms with Crippen LogP contribution in [0.2, 0.25) is 0 Å². The van der Waals surface area contributed by atoms with Crippen molar-refractivity contribution in [1.82, 2.24) is 24.5 Å². The van der Waals surface area contributed by atoms with Gasteiger partial charge in [0, 0.05) is 17.3 Å². The van der Waals surface area contributed by atoms with Crippen molar-refractivity contribution in [2.24, 2.45) is 0 Å². The van der Waals surface area contributed by atoms with E-state index in [0.717, 1.165) is 29.8 Å². The highest BCUT2D eigenvalue weighted by molar-refractivity contribution is 6.05. The van der Waals surface area contributed by atoms with Gasteiger partial charge in [-0.05, 0) is 43.5 Å². The molecule has 0 saturated heterocycles. The van der Waals surface area contributed by atoms with Crippen LogP contribution in [0.4, 0.5) is 14.5 Å². The second-order valence-corrected chi connectivity index (χ2v) is 6.95. The Bertz CT molecular complexity index is 1250. The summed E-state index contributed by atoms with van der Waals surface area (Å²) in [4.78, 5) is 17.0. The fourth-order valence-corrected chi connectivity index (χ4v) is 3.74. The van der Waals surface area contributed by atoms with Gasteiger partial charge in [0.1, 0.15) is 12.7 Å². The van der Waals surface area contributed by atoms with E-state index in [2.05, 4.69) is 20.5 Å². The molecule has 1 N–H and O–H groups in total. The molecule has 30 heavy (non-hydrogen) atoms. The molecule has 7 nitrogen and oxygen atoms in total. The summed E-state index contributed by atoms with van der Waals surface area (Å²) < 4.78 is 30.2. The molecule has 1 aliphatic carbocycles. The molecule has 2 aromatic carbocycles. The van der Waals surface area contributed by atoms with Gasteiger partial charge in [-0.15, -0.1) is 0 Å². The molecule has 150 valence electrons.